The SMILES string of the molecule is CC1COC(=O)N1C(=O)O. The quantitative estimate of drug-likeness (QED) is 0.539. The van der Waals surface area contributed by atoms with Crippen LogP contribution >= 0.6 is 0 Å². The van der Waals surface area contributed by atoms with Crippen molar-refractivity contribution in [3.8, 4) is 0 Å². The van der Waals surface area contributed by atoms with E-state index in [2.05, 4.69) is 4.74 Å². The Bertz CT molecular complexity index is 178. The van der Waals surface area contributed by atoms with Crippen molar-refractivity contribution >= 4 is 12.2 Å². The summed E-state index contributed by atoms with van der Waals surface area (Å²) < 4.78 is 4.45. The van der Waals surface area contributed by atoms with Crippen LogP contribution in [0.5, 0.6) is 0 Å². The van der Waals surface area contributed by atoms with E-state index >= 15 is 0 Å². The number of amides is 2. The number of cyclic esters (lactones) is 1. The van der Waals surface area contributed by atoms with E-state index in [-0.39, 0.29) is 12.6 Å². The summed E-state index contributed by atoms with van der Waals surface area (Å²) >= 11 is 0. The number of hydrogen-bond donors (Lipinski definition) is 1. The lowest BCUT2D eigenvalue weighted by Crippen LogP contribution is -2.35. The van der Waals surface area contributed by atoms with Crippen LogP contribution in [0.15, 0.2) is 0 Å². The van der Waals surface area contributed by atoms with Crippen molar-refractivity contribution in [2.45, 2.75) is 13.0 Å². The Morgan fingerprint density at radius 3 is 2.70 bits per heavy atom. The topological polar surface area (TPSA) is 66.8 Å². The molecule has 1 aliphatic rings. The molecule has 1 N–H and O–H groups in total. The standard InChI is InChI=1S/C5H7NO4/c1-3-2-10-5(9)6(3)4(7)8/h3H,2H2,1H3,(H,7,8). The second-order valence-corrected chi connectivity index (χ2v) is 2.08. The van der Waals surface area contributed by atoms with E-state index in [1.165, 1.54) is 0 Å². The van der Waals surface area contributed by atoms with Crippen LogP contribution in [-0.4, -0.2) is 34.8 Å². The number of rotatable bonds is 0. The predicted octanol–water partition coefficient (Wildman–Crippen LogP) is 0.505. The van der Waals surface area contributed by atoms with Gasteiger partial charge in [0.15, 0.2) is 0 Å². The Kier molecular flexibility index (Phi) is 1.48. The van der Waals surface area contributed by atoms with Crippen LogP contribution in [0.4, 0.5) is 9.59 Å². The van der Waals surface area contributed by atoms with E-state index in [4.69, 9.17) is 5.11 Å². The number of ether oxygens (including phenoxy) is 1. The minimum absolute atomic E-state index is 0.158. The van der Waals surface area contributed by atoms with E-state index in [0.717, 1.165) is 0 Å². The number of nitrogens with zero attached hydrogens (tertiary/aromatic N) is 1. The highest BCUT2D eigenvalue weighted by molar-refractivity contribution is 5.88. The zero-order chi connectivity index (χ0) is 7.72. The van der Waals surface area contributed by atoms with E-state index in [0.29, 0.717) is 4.90 Å². The molecule has 0 spiro atoms. The average Bonchev–Trinajstić information content (AvgIpc) is 2.11. The monoisotopic (exact) mass is 145 g/mol. The first-order chi connectivity index (χ1) is 4.63. The van der Waals surface area contributed by atoms with Crippen LogP contribution in [0.25, 0.3) is 0 Å². The van der Waals surface area contributed by atoms with Gasteiger partial charge in [0.1, 0.15) is 6.61 Å². The largest absolute Gasteiger partial charge is 0.465 e. The molecular weight excluding hydrogens is 138 g/mol. The highest BCUT2D eigenvalue weighted by Crippen LogP contribution is 2.10. The lowest BCUT2D eigenvalue weighted by Gasteiger charge is -2.09. The maximum atomic E-state index is 10.5. The first-order valence-electron chi connectivity index (χ1n) is 2.82. The third kappa shape index (κ3) is 0.896. The van der Waals surface area contributed by atoms with Gasteiger partial charge in [-0.3, -0.25) is 0 Å². The number of hydrogen-bond acceptors (Lipinski definition) is 3. The zero-order valence-corrected chi connectivity index (χ0v) is 5.40. The molecule has 1 saturated heterocycles. The van der Waals surface area contributed by atoms with Gasteiger partial charge in [-0.1, -0.05) is 0 Å². The van der Waals surface area contributed by atoms with Crippen LogP contribution < -0.4 is 0 Å². The van der Waals surface area contributed by atoms with Gasteiger partial charge in [0, 0.05) is 0 Å². The van der Waals surface area contributed by atoms with E-state index in [1.54, 1.807) is 6.92 Å². The molecule has 1 atom stereocenters. The summed E-state index contributed by atoms with van der Waals surface area (Å²) in [5.41, 5.74) is 0. The fourth-order valence-corrected chi connectivity index (χ4v) is 0.783. The van der Waals surface area contributed by atoms with E-state index in [9.17, 15) is 9.59 Å². The maximum absolute atomic E-state index is 10.5. The molecule has 0 aliphatic carbocycles. The van der Waals surface area contributed by atoms with Crippen molar-refractivity contribution in [1.82, 2.24) is 4.90 Å². The van der Waals surface area contributed by atoms with Crippen molar-refractivity contribution in [2.24, 2.45) is 0 Å². The average molecular weight is 145 g/mol. The molecule has 0 aromatic rings. The second kappa shape index (κ2) is 2.17. The van der Waals surface area contributed by atoms with Crippen molar-refractivity contribution in [3.05, 3.63) is 0 Å². The fraction of sp³-hybridized carbons (Fsp3) is 0.600. The fourth-order valence-electron chi connectivity index (χ4n) is 0.783. The van der Waals surface area contributed by atoms with Gasteiger partial charge in [-0.25, -0.2) is 14.5 Å². The summed E-state index contributed by atoms with van der Waals surface area (Å²) in [4.78, 5) is 21.5. The molecule has 10 heavy (non-hydrogen) atoms. The number of imide groups is 1. The molecule has 0 aromatic heterocycles. The summed E-state index contributed by atoms with van der Waals surface area (Å²) in [6, 6.07) is -0.356. The number of carbonyl (C=O) groups is 2. The summed E-state index contributed by atoms with van der Waals surface area (Å²) in [5, 5.41) is 8.38. The van der Waals surface area contributed by atoms with Gasteiger partial charge < -0.3 is 9.84 Å². The molecule has 1 rings (SSSR count). The summed E-state index contributed by atoms with van der Waals surface area (Å²) in [7, 11) is 0. The molecule has 5 heteroatoms. The minimum atomic E-state index is -1.25. The van der Waals surface area contributed by atoms with Gasteiger partial charge in [0.2, 0.25) is 0 Å². The van der Waals surface area contributed by atoms with Crippen molar-refractivity contribution in [1.29, 1.82) is 0 Å². The molecule has 0 aromatic carbocycles. The summed E-state index contributed by atoms with van der Waals surface area (Å²) in [6.07, 6.45) is -2.03. The van der Waals surface area contributed by atoms with Gasteiger partial charge in [-0.15, -0.1) is 0 Å². The Morgan fingerprint density at radius 1 is 1.90 bits per heavy atom. The molecule has 0 saturated carbocycles. The van der Waals surface area contributed by atoms with Gasteiger partial charge >= 0.3 is 12.2 Å². The van der Waals surface area contributed by atoms with Crippen LogP contribution in [0.1, 0.15) is 6.92 Å². The molecule has 1 unspecified atom stereocenters. The first-order valence-corrected chi connectivity index (χ1v) is 2.82. The smallest absolute Gasteiger partial charge is 0.419 e. The normalized spacial score (nSPS) is 24.7. The van der Waals surface area contributed by atoms with Crippen molar-refractivity contribution in [2.75, 3.05) is 6.61 Å². The number of carboxylic acid groups (broad SMARTS) is 1. The molecule has 56 valence electrons. The van der Waals surface area contributed by atoms with Crippen molar-refractivity contribution < 1.29 is 19.4 Å². The predicted molar refractivity (Wildman–Crippen MR) is 30.7 cm³/mol. The summed E-state index contributed by atoms with van der Waals surface area (Å²) in [6.45, 7) is 1.77. The molecule has 1 aliphatic heterocycles. The van der Waals surface area contributed by atoms with Gasteiger partial charge in [-0.2, -0.15) is 0 Å². The molecule has 0 radical (unpaired) electrons. The molecule has 1 fully saturated rings. The second-order valence-electron chi connectivity index (χ2n) is 2.08. The van der Waals surface area contributed by atoms with E-state index < -0.39 is 12.2 Å². The van der Waals surface area contributed by atoms with Crippen molar-refractivity contribution in [3.63, 3.8) is 0 Å². The third-order valence-electron chi connectivity index (χ3n) is 1.29. The lowest BCUT2D eigenvalue weighted by molar-refractivity contribution is 0.136. The minimum Gasteiger partial charge on any atom is -0.465 e. The zero-order valence-electron chi connectivity index (χ0n) is 5.40. The molecule has 0 bridgehead atoms. The Morgan fingerprint density at radius 2 is 2.50 bits per heavy atom. The molecule has 2 amide bonds. The van der Waals surface area contributed by atoms with Gasteiger partial charge in [-0.05, 0) is 6.92 Å². The molecule has 1 heterocycles. The van der Waals surface area contributed by atoms with Crippen LogP contribution in [-0.2, 0) is 4.74 Å². The maximum Gasteiger partial charge on any atom is 0.419 e. The van der Waals surface area contributed by atoms with Gasteiger partial charge in [0.05, 0.1) is 6.04 Å². The molecular formula is C5H7NO4. The Labute approximate surface area is 57.2 Å². The van der Waals surface area contributed by atoms with Crippen LogP contribution in [0.3, 0.4) is 0 Å². The highest BCUT2D eigenvalue weighted by atomic mass is 16.6. The Hall–Kier alpha value is -1.26. The first kappa shape index (κ1) is 6.85. The molecule has 5 nitrogen and oxygen atoms in total. The van der Waals surface area contributed by atoms with Crippen LogP contribution in [0, 0.1) is 0 Å². The van der Waals surface area contributed by atoms with Gasteiger partial charge in [0.25, 0.3) is 0 Å². The Balaban J connectivity index is 2.72. The van der Waals surface area contributed by atoms with E-state index in [1.807, 2.05) is 0 Å². The highest BCUT2D eigenvalue weighted by Gasteiger charge is 2.34. The lowest BCUT2D eigenvalue weighted by atomic mass is 10.3. The summed E-state index contributed by atoms with van der Waals surface area (Å²) in [5.74, 6) is 0. The number of carbonyl (C=O) groups excluding carboxylic acids is 1. The van der Waals surface area contributed by atoms with Crippen LogP contribution in [0.2, 0.25) is 0 Å². The third-order valence-corrected chi connectivity index (χ3v) is 1.29.